The fourth-order valence-electron chi connectivity index (χ4n) is 1.54. The molecule has 0 aliphatic carbocycles. The Kier molecular flexibility index (Phi) is 5.05. The van der Waals surface area contributed by atoms with E-state index in [1.165, 1.54) is 0 Å². The van der Waals surface area contributed by atoms with Crippen LogP contribution in [0.3, 0.4) is 0 Å². The summed E-state index contributed by atoms with van der Waals surface area (Å²) in [6.45, 7) is 3.80. The van der Waals surface area contributed by atoms with E-state index in [0.29, 0.717) is 0 Å². The van der Waals surface area contributed by atoms with Gasteiger partial charge in [0.1, 0.15) is 11.6 Å². The third-order valence-corrected chi connectivity index (χ3v) is 2.55. The van der Waals surface area contributed by atoms with Gasteiger partial charge in [0.25, 0.3) is 5.91 Å². The maximum Gasteiger partial charge on any atom is 0.251 e. The van der Waals surface area contributed by atoms with Gasteiger partial charge in [-0.1, -0.05) is 22.9 Å². The zero-order valence-corrected chi connectivity index (χ0v) is 11.2. The Hall–Kier alpha value is -0.970. The first kappa shape index (κ1) is 14.1. The molecule has 0 heterocycles. The molecule has 0 fully saturated rings. The SMILES string of the molecule is CC(Br)CC(C)NC(=O)c1cc(F)cc(F)c1. The second-order valence-electron chi connectivity index (χ2n) is 4.05. The van der Waals surface area contributed by atoms with Crippen LogP contribution in [0.1, 0.15) is 30.6 Å². The van der Waals surface area contributed by atoms with Crippen molar-refractivity contribution >= 4 is 21.8 Å². The second kappa shape index (κ2) is 6.10. The lowest BCUT2D eigenvalue weighted by molar-refractivity contribution is 0.0937. The largest absolute Gasteiger partial charge is 0.350 e. The van der Waals surface area contributed by atoms with Crippen LogP contribution in [0, 0.1) is 11.6 Å². The van der Waals surface area contributed by atoms with E-state index in [9.17, 15) is 13.6 Å². The van der Waals surface area contributed by atoms with Crippen molar-refractivity contribution in [3.63, 3.8) is 0 Å². The van der Waals surface area contributed by atoms with Gasteiger partial charge in [0.2, 0.25) is 0 Å². The van der Waals surface area contributed by atoms with Crippen molar-refractivity contribution in [3.05, 3.63) is 35.4 Å². The van der Waals surface area contributed by atoms with E-state index in [1.807, 2.05) is 13.8 Å². The molecule has 0 saturated carbocycles. The maximum atomic E-state index is 12.9. The topological polar surface area (TPSA) is 29.1 Å². The van der Waals surface area contributed by atoms with Crippen LogP contribution in [0.2, 0.25) is 0 Å². The summed E-state index contributed by atoms with van der Waals surface area (Å²) in [5.74, 6) is -1.97. The molecule has 17 heavy (non-hydrogen) atoms. The Morgan fingerprint density at radius 2 is 1.82 bits per heavy atom. The predicted octanol–water partition coefficient (Wildman–Crippen LogP) is 3.26. The van der Waals surface area contributed by atoms with Gasteiger partial charge in [-0.15, -0.1) is 0 Å². The molecule has 0 aliphatic heterocycles. The van der Waals surface area contributed by atoms with Crippen molar-refractivity contribution in [2.75, 3.05) is 0 Å². The van der Waals surface area contributed by atoms with E-state index in [2.05, 4.69) is 21.2 Å². The molecule has 2 unspecified atom stereocenters. The van der Waals surface area contributed by atoms with Crippen molar-refractivity contribution < 1.29 is 13.6 Å². The number of amides is 1. The van der Waals surface area contributed by atoms with E-state index >= 15 is 0 Å². The highest BCUT2D eigenvalue weighted by Gasteiger charge is 2.13. The highest BCUT2D eigenvalue weighted by atomic mass is 79.9. The number of hydrogen-bond donors (Lipinski definition) is 1. The van der Waals surface area contributed by atoms with Gasteiger partial charge in [-0.25, -0.2) is 8.78 Å². The van der Waals surface area contributed by atoms with Crippen molar-refractivity contribution in [3.8, 4) is 0 Å². The summed E-state index contributed by atoms with van der Waals surface area (Å²) in [6, 6.07) is 2.70. The summed E-state index contributed by atoms with van der Waals surface area (Å²) in [4.78, 5) is 11.9. The normalized spacial score (nSPS) is 14.2. The molecule has 0 spiro atoms. The molecule has 0 aliphatic rings. The van der Waals surface area contributed by atoms with Gasteiger partial charge in [-0.2, -0.15) is 0 Å². The fourth-order valence-corrected chi connectivity index (χ4v) is 2.10. The fraction of sp³-hybridized carbons (Fsp3) is 0.417. The van der Waals surface area contributed by atoms with Crippen LogP contribution in [-0.2, 0) is 0 Å². The number of nitrogens with one attached hydrogen (secondary N) is 1. The zero-order valence-electron chi connectivity index (χ0n) is 9.64. The van der Waals surface area contributed by atoms with Crippen molar-refractivity contribution in [2.45, 2.75) is 31.1 Å². The lowest BCUT2D eigenvalue weighted by atomic mass is 10.1. The lowest BCUT2D eigenvalue weighted by Gasteiger charge is -2.15. The zero-order chi connectivity index (χ0) is 13.0. The van der Waals surface area contributed by atoms with E-state index in [1.54, 1.807) is 0 Å². The van der Waals surface area contributed by atoms with E-state index < -0.39 is 17.5 Å². The third-order valence-electron chi connectivity index (χ3n) is 2.18. The van der Waals surface area contributed by atoms with E-state index in [0.717, 1.165) is 24.6 Å². The Balaban J connectivity index is 2.69. The summed E-state index contributed by atoms with van der Waals surface area (Å²) >= 11 is 3.37. The van der Waals surface area contributed by atoms with Gasteiger partial charge in [0.15, 0.2) is 0 Å². The summed E-state index contributed by atoms with van der Waals surface area (Å²) in [6.07, 6.45) is 0.740. The highest BCUT2D eigenvalue weighted by Crippen LogP contribution is 2.10. The second-order valence-corrected chi connectivity index (χ2v) is 5.61. The van der Waals surface area contributed by atoms with Crippen LogP contribution < -0.4 is 5.32 Å². The summed E-state index contributed by atoms with van der Waals surface area (Å²) in [7, 11) is 0. The summed E-state index contributed by atoms with van der Waals surface area (Å²) < 4.78 is 25.8. The first-order valence-corrected chi connectivity index (χ1v) is 6.21. The Bertz CT molecular complexity index is 389. The molecule has 0 bridgehead atoms. The molecule has 0 radical (unpaired) electrons. The van der Waals surface area contributed by atoms with Gasteiger partial charge in [-0.05, 0) is 25.5 Å². The van der Waals surface area contributed by atoms with Gasteiger partial charge >= 0.3 is 0 Å². The molecule has 5 heteroatoms. The van der Waals surface area contributed by atoms with Crippen LogP contribution in [0.5, 0.6) is 0 Å². The third kappa shape index (κ3) is 4.81. The molecule has 1 aromatic carbocycles. The quantitative estimate of drug-likeness (QED) is 0.850. The molecule has 0 aromatic heterocycles. The Labute approximate surface area is 108 Å². The number of hydrogen-bond acceptors (Lipinski definition) is 1. The average Bonchev–Trinajstić information content (AvgIpc) is 2.14. The molecule has 1 rings (SSSR count). The number of alkyl halides is 1. The van der Waals surface area contributed by atoms with Crippen LogP contribution in [0.15, 0.2) is 18.2 Å². The minimum absolute atomic E-state index is 0.00317. The molecular weight excluding hydrogens is 292 g/mol. The predicted molar refractivity (Wildman–Crippen MR) is 66.3 cm³/mol. The molecule has 2 nitrogen and oxygen atoms in total. The minimum atomic E-state index is -0.753. The first-order valence-electron chi connectivity index (χ1n) is 5.29. The highest BCUT2D eigenvalue weighted by molar-refractivity contribution is 9.09. The van der Waals surface area contributed by atoms with Crippen molar-refractivity contribution in [1.82, 2.24) is 5.32 Å². The van der Waals surface area contributed by atoms with E-state index in [4.69, 9.17) is 0 Å². The van der Waals surface area contributed by atoms with Gasteiger partial charge in [-0.3, -0.25) is 4.79 Å². The monoisotopic (exact) mass is 305 g/mol. The van der Waals surface area contributed by atoms with Gasteiger partial charge in [0, 0.05) is 22.5 Å². The number of rotatable bonds is 4. The molecule has 2 atom stereocenters. The maximum absolute atomic E-state index is 12.9. The van der Waals surface area contributed by atoms with Crippen molar-refractivity contribution in [2.24, 2.45) is 0 Å². The lowest BCUT2D eigenvalue weighted by Crippen LogP contribution is -2.34. The molecule has 1 amide bonds. The first-order chi connectivity index (χ1) is 7.88. The number of halogens is 3. The van der Waals surface area contributed by atoms with Gasteiger partial charge in [0.05, 0.1) is 0 Å². The molecule has 1 aromatic rings. The van der Waals surface area contributed by atoms with Crippen molar-refractivity contribution in [1.29, 1.82) is 0 Å². The molecule has 1 N–H and O–H groups in total. The number of carbonyl (C=O) groups is 1. The van der Waals surface area contributed by atoms with Crippen LogP contribution in [0.4, 0.5) is 8.78 Å². The average molecular weight is 306 g/mol. The molecular formula is C12H14BrF2NO. The van der Waals surface area contributed by atoms with Crippen LogP contribution in [0.25, 0.3) is 0 Å². The van der Waals surface area contributed by atoms with Crippen LogP contribution in [-0.4, -0.2) is 16.8 Å². The Morgan fingerprint density at radius 3 is 2.29 bits per heavy atom. The Morgan fingerprint density at radius 1 is 1.29 bits per heavy atom. The number of carbonyl (C=O) groups excluding carboxylic acids is 1. The standard InChI is InChI=1S/C12H14BrF2NO/c1-7(13)3-8(2)16-12(17)9-4-10(14)6-11(15)5-9/h4-8H,3H2,1-2H3,(H,16,17). The van der Waals surface area contributed by atoms with E-state index in [-0.39, 0.29) is 16.4 Å². The summed E-state index contributed by atoms with van der Waals surface area (Å²) in [5.41, 5.74) is -0.00317. The molecule has 94 valence electrons. The van der Waals surface area contributed by atoms with Crippen LogP contribution >= 0.6 is 15.9 Å². The molecule has 0 saturated heterocycles. The number of benzene rings is 1. The summed E-state index contributed by atoms with van der Waals surface area (Å²) in [5, 5.41) is 2.68. The smallest absolute Gasteiger partial charge is 0.251 e. The van der Waals surface area contributed by atoms with Gasteiger partial charge < -0.3 is 5.32 Å². The minimum Gasteiger partial charge on any atom is -0.350 e.